The zero-order valence-electron chi connectivity index (χ0n) is 13.8. The molecule has 126 valence electrons. The van der Waals surface area contributed by atoms with Crippen molar-refractivity contribution in [3.63, 3.8) is 0 Å². The van der Waals surface area contributed by atoms with Gasteiger partial charge in [0, 0.05) is 22.6 Å². The summed E-state index contributed by atoms with van der Waals surface area (Å²) in [5.74, 6) is 0.252. The number of allylic oxidation sites excluding steroid dienone is 1. The number of Topliss-reactive ketones (excluding diaryl/α,β-unsaturated/α-hetero) is 1. The van der Waals surface area contributed by atoms with Crippen LogP contribution in [0.25, 0.3) is 0 Å². The number of carbonyl (C=O) groups is 1. The quantitative estimate of drug-likeness (QED) is 0.716. The van der Waals surface area contributed by atoms with Crippen molar-refractivity contribution in [1.29, 1.82) is 0 Å². The molecule has 2 aliphatic rings. The van der Waals surface area contributed by atoms with E-state index < -0.39 is 0 Å². The SMILES string of the molecule is CC1(C)CC(=O)C2=C(C1)Nc1ccccc1NC2c1cccs1.Cl. The second-order valence-electron chi connectivity index (χ2n) is 7.10. The minimum Gasteiger partial charge on any atom is -0.372 e. The molecule has 1 aliphatic carbocycles. The molecule has 0 fully saturated rings. The molecule has 0 bridgehead atoms. The highest BCUT2D eigenvalue weighted by Crippen LogP contribution is 2.45. The van der Waals surface area contributed by atoms with Crippen molar-refractivity contribution in [1.82, 2.24) is 0 Å². The van der Waals surface area contributed by atoms with Gasteiger partial charge in [-0.3, -0.25) is 4.79 Å². The Labute approximate surface area is 152 Å². The van der Waals surface area contributed by atoms with Crippen LogP contribution in [0.2, 0.25) is 0 Å². The summed E-state index contributed by atoms with van der Waals surface area (Å²) in [7, 11) is 0. The van der Waals surface area contributed by atoms with Crippen molar-refractivity contribution in [3.05, 3.63) is 57.9 Å². The third kappa shape index (κ3) is 2.96. The molecule has 24 heavy (non-hydrogen) atoms. The number of carbonyl (C=O) groups excluding carboxylic acids is 1. The van der Waals surface area contributed by atoms with Crippen molar-refractivity contribution >= 4 is 40.9 Å². The Kier molecular flexibility index (Phi) is 4.45. The van der Waals surface area contributed by atoms with Crippen LogP contribution >= 0.6 is 23.7 Å². The molecule has 3 nitrogen and oxygen atoms in total. The number of fused-ring (bicyclic) bond motifs is 1. The molecule has 2 N–H and O–H groups in total. The summed E-state index contributed by atoms with van der Waals surface area (Å²) < 4.78 is 0. The fourth-order valence-corrected chi connectivity index (χ4v) is 4.34. The average Bonchev–Trinajstić information content (AvgIpc) is 2.95. The molecule has 0 saturated carbocycles. The van der Waals surface area contributed by atoms with Crippen LogP contribution in [-0.2, 0) is 4.79 Å². The number of rotatable bonds is 1. The van der Waals surface area contributed by atoms with Gasteiger partial charge in [0.1, 0.15) is 0 Å². The number of ketones is 1. The first-order valence-corrected chi connectivity index (χ1v) is 8.84. The van der Waals surface area contributed by atoms with Crippen molar-refractivity contribution in [2.45, 2.75) is 32.7 Å². The number of thiophene rings is 1. The summed E-state index contributed by atoms with van der Waals surface area (Å²) >= 11 is 1.69. The maximum Gasteiger partial charge on any atom is 0.163 e. The van der Waals surface area contributed by atoms with Crippen LogP contribution in [0.1, 0.15) is 37.6 Å². The summed E-state index contributed by atoms with van der Waals surface area (Å²) in [6.07, 6.45) is 1.50. The van der Waals surface area contributed by atoms with Gasteiger partial charge in [0.05, 0.1) is 17.4 Å². The van der Waals surface area contributed by atoms with Gasteiger partial charge in [-0.2, -0.15) is 0 Å². The number of anilines is 2. The lowest BCUT2D eigenvalue weighted by Gasteiger charge is -2.33. The summed E-state index contributed by atoms with van der Waals surface area (Å²) in [5.41, 5.74) is 4.07. The predicted octanol–water partition coefficient (Wildman–Crippen LogP) is 5.39. The molecule has 0 radical (unpaired) electrons. The Bertz CT molecular complexity index is 795. The minimum absolute atomic E-state index is 0. The van der Waals surface area contributed by atoms with Crippen molar-refractivity contribution in [2.75, 3.05) is 10.6 Å². The second kappa shape index (κ2) is 6.26. The number of hydrogen-bond donors (Lipinski definition) is 2. The molecular formula is C19H21ClN2OS. The number of para-hydroxylation sites is 2. The molecule has 2 aromatic rings. The molecule has 4 rings (SSSR count). The largest absolute Gasteiger partial charge is 0.372 e. The van der Waals surface area contributed by atoms with Gasteiger partial charge < -0.3 is 10.6 Å². The molecule has 0 saturated heterocycles. The van der Waals surface area contributed by atoms with E-state index in [-0.39, 0.29) is 29.6 Å². The minimum atomic E-state index is -0.0650. The van der Waals surface area contributed by atoms with Gasteiger partial charge in [-0.15, -0.1) is 23.7 Å². The monoisotopic (exact) mass is 360 g/mol. The third-order valence-electron chi connectivity index (χ3n) is 4.55. The van der Waals surface area contributed by atoms with Crippen molar-refractivity contribution < 1.29 is 4.79 Å². The second-order valence-corrected chi connectivity index (χ2v) is 8.08. The van der Waals surface area contributed by atoms with Crippen molar-refractivity contribution in [2.24, 2.45) is 5.41 Å². The van der Waals surface area contributed by atoms with E-state index in [4.69, 9.17) is 0 Å². The molecule has 1 aliphatic heterocycles. The molecular weight excluding hydrogens is 340 g/mol. The van der Waals surface area contributed by atoms with E-state index in [0.29, 0.717) is 6.42 Å². The summed E-state index contributed by atoms with van der Waals surface area (Å²) in [6.45, 7) is 4.33. The standard InChI is InChI=1S/C19H20N2OS.ClH/c1-19(2)10-14-17(15(22)11-19)18(16-8-5-9-23-16)21-13-7-4-3-6-12(13)20-14;/h3-9,18,20-21H,10-11H2,1-2H3;1H. The fraction of sp³-hybridized carbons (Fsp3) is 0.316. The van der Waals surface area contributed by atoms with Gasteiger partial charge in [-0.05, 0) is 35.4 Å². The molecule has 1 aromatic carbocycles. The Morgan fingerprint density at radius 2 is 1.83 bits per heavy atom. The van der Waals surface area contributed by atoms with Crippen LogP contribution in [0.15, 0.2) is 53.0 Å². The lowest BCUT2D eigenvalue weighted by atomic mass is 9.74. The van der Waals surface area contributed by atoms with E-state index in [0.717, 1.165) is 29.1 Å². The lowest BCUT2D eigenvalue weighted by molar-refractivity contribution is -0.118. The van der Waals surface area contributed by atoms with Crippen LogP contribution in [-0.4, -0.2) is 5.78 Å². The van der Waals surface area contributed by atoms with Crippen LogP contribution in [0.3, 0.4) is 0 Å². The zero-order valence-corrected chi connectivity index (χ0v) is 15.4. The van der Waals surface area contributed by atoms with Gasteiger partial charge in [-0.25, -0.2) is 0 Å². The van der Waals surface area contributed by atoms with Gasteiger partial charge >= 0.3 is 0 Å². The molecule has 2 heterocycles. The van der Waals surface area contributed by atoms with E-state index in [1.54, 1.807) is 11.3 Å². The maximum absolute atomic E-state index is 12.9. The highest BCUT2D eigenvalue weighted by atomic mass is 35.5. The molecule has 0 amide bonds. The van der Waals surface area contributed by atoms with Gasteiger partial charge in [0.15, 0.2) is 5.78 Å². The van der Waals surface area contributed by atoms with Gasteiger partial charge in [0.25, 0.3) is 0 Å². The summed E-state index contributed by atoms with van der Waals surface area (Å²) in [5, 5.41) is 9.20. The topological polar surface area (TPSA) is 41.1 Å². The molecule has 1 aromatic heterocycles. The smallest absolute Gasteiger partial charge is 0.163 e. The summed E-state index contributed by atoms with van der Waals surface area (Å²) in [4.78, 5) is 14.1. The Balaban J connectivity index is 0.00000169. The lowest BCUT2D eigenvalue weighted by Crippen LogP contribution is -2.31. The van der Waals surface area contributed by atoms with Crippen LogP contribution in [0.5, 0.6) is 0 Å². The summed E-state index contributed by atoms with van der Waals surface area (Å²) in [6, 6.07) is 12.3. The Morgan fingerprint density at radius 3 is 2.54 bits per heavy atom. The van der Waals surface area contributed by atoms with Crippen LogP contribution in [0.4, 0.5) is 11.4 Å². The fourth-order valence-electron chi connectivity index (χ4n) is 3.56. The van der Waals surface area contributed by atoms with E-state index in [1.165, 1.54) is 4.88 Å². The molecule has 5 heteroatoms. The molecule has 1 atom stereocenters. The highest BCUT2D eigenvalue weighted by Gasteiger charge is 2.38. The first-order chi connectivity index (χ1) is 11.0. The number of benzene rings is 1. The normalized spacial score (nSPS) is 21.6. The predicted molar refractivity (Wildman–Crippen MR) is 103 cm³/mol. The van der Waals surface area contributed by atoms with Crippen molar-refractivity contribution in [3.8, 4) is 0 Å². The molecule has 1 unspecified atom stereocenters. The number of nitrogens with one attached hydrogen (secondary N) is 2. The number of halogens is 1. The number of hydrogen-bond acceptors (Lipinski definition) is 4. The average molecular weight is 361 g/mol. The van der Waals surface area contributed by atoms with E-state index in [1.807, 2.05) is 18.2 Å². The zero-order chi connectivity index (χ0) is 16.0. The third-order valence-corrected chi connectivity index (χ3v) is 5.49. The first-order valence-electron chi connectivity index (χ1n) is 7.96. The van der Waals surface area contributed by atoms with Crippen LogP contribution in [0, 0.1) is 5.41 Å². The van der Waals surface area contributed by atoms with E-state index in [9.17, 15) is 4.79 Å². The molecule has 0 spiro atoms. The van der Waals surface area contributed by atoms with Crippen LogP contribution < -0.4 is 10.6 Å². The Hall–Kier alpha value is -1.78. The Morgan fingerprint density at radius 1 is 1.08 bits per heavy atom. The highest BCUT2D eigenvalue weighted by molar-refractivity contribution is 7.10. The maximum atomic E-state index is 12.9. The van der Waals surface area contributed by atoms with Gasteiger partial charge in [0.2, 0.25) is 0 Å². The van der Waals surface area contributed by atoms with Gasteiger partial charge in [-0.1, -0.05) is 32.0 Å². The first kappa shape index (κ1) is 17.1. The van der Waals surface area contributed by atoms with E-state index in [2.05, 4.69) is 48.1 Å². The van der Waals surface area contributed by atoms with E-state index >= 15 is 0 Å².